The van der Waals surface area contributed by atoms with Crippen LogP contribution in [0.3, 0.4) is 0 Å². The summed E-state index contributed by atoms with van der Waals surface area (Å²) in [5.41, 5.74) is 2.25. The molecule has 0 saturated heterocycles. The molecule has 0 aromatic heterocycles. The molecule has 120 valence electrons. The van der Waals surface area contributed by atoms with Crippen LogP contribution in [0, 0.1) is 5.92 Å². The average Bonchev–Trinajstić information content (AvgIpc) is 3.37. The molecule has 1 aliphatic carbocycles. The number of hydrogen-bond donors (Lipinski definition) is 1. The molecule has 1 unspecified atom stereocenters. The van der Waals surface area contributed by atoms with Crippen LogP contribution >= 0.6 is 0 Å². The SMILES string of the molecule is O=C(Cc1cccc2ccc3c(c12)CCC[S+]3[O-])NCC1CC1. The molecule has 23 heavy (non-hydrogen) atoms. The van der Waals surface area contributed by atoms with Gasteiger partial charge in [0, 0.05) is 12.1 Å². The van der Waals surface area contributed by atoms with Gasteiger partial charge in [0.1, 0.15) is 5.75 Å². The van der Waals surface area contributed by atoms with Crippen molar-refractivity contribution in [3.63, 3.8) is 0 Å². The number of benzene rings is 2. The summed E-state index contributed by atoms with van der Waals surface area (Å²) in [5.74, 6) is 1.54. The number of carbonyl (C=O) groups is 1. The Kier molecular flexibility index (Phi) is 4.04. The molecule has 1 fully saturated rings. The van der Waals surface area contributed by atoms with Gasteiger partial charge in [-0.3, -0.25) is 4.79 Å². The highest BCUT2D eigenvalue weighted by atomic mass is 32.2. The second kappa shape index (κ2) is 6.17. The first-order valence-corrected chi connectivity index (χ1v) is 9.73. The Morgan fingerprint density at radius 1 is 1.26 bits per heavy atom. The molecule has 0 radical (unpaired) electrons. The van der Waals surface area contributed by atoms with Crippen molar-refractivity contribution in [1.82, 2.24) is 5.32 Å². The maximum absolute atomic E-state index is 12.3. The maximum atomic E-state index is 12.3. The van der Waals surface area contributed by atoms with E-state index in [9.17, 15) is 9.35 Å². The van der Waals surface area contributed by atoms with Crippen molar-refractivity contribution in [2.24, 2.45) is 5.92 Å². The van der Waals surface area contributed by atoms with Crippen molar-refractivity contribution in [1.29, 1.82) is 0 Å². The Hall–Kier alpha value is -1.52. The third-order valence-electron chi connectivity index (χ3n) is 4.83. The maximum Gasteiger partial charge on any atom is 0.224 e. The molecule has 2 aliphatic rings. The summed E-state index contributed by atoms with van der Waals surface area (Å²) >= 11 is -0.894. The van der Waals surface area contributed by atoms with Crippen LogP contribution in [0.1, 0.15) is 30.4 Å². The number of aryl methyl sites for hydroxylation is 1. The van der Waals surface area contributed by atoms with E-state index < -0.39 is 11.2 Å². The van der Waals surface area contributed by atoms with Crippen LogP contribution in [0.15, 0.2) is 35.2 Å². The lowest BCUT2D eigenvalue weighted by Crippen LogP contribution is -2.27. The summed E-state index contributed by atoms with van der Waals surface area (Å²) < 4.78 is 12.3. The summed E-state index contributed by atoms with van der Waals surface area (Å²) in [4.78, 5) is 13.2. The predicted molar refractivity (Wildman–Crippen MR) is 93.0 cm³/mol. The van der Waals surface area contributed by atoms with Crippen molar-refractivity contribution >= 4 is 27.9 Å². The van der Waals surface area contributed by atoms with Gasteiger partial charge >= 0.3 is 0 Å². The van der Waals surface area contributed by atoms with Crippen molar-refractivity contribution in [2.45, 2.75) is 37.0 Å². The minimum absolute atomic E-state index is 0.0962. The van der Waals surface area contributed by atoms with Crippen LogP contribution in [0.4, 0.5) is 0 Å². The van der Waals surface area contributed by atoms with Crippen LogP contribution in [0.2, 0.25) is 0 Å². The highest BCUT2D eigenvalue weighted by Crippen LogP contribution is 2.34. The lowest BCUT2D eigenvalue weighted by molar-refractivity contribution is -0.120. The van der Waals surface area contributed by atoms with Crippen molar-refractivity contribution in [2.75, 3.05) is 12.3 Å². The Bertz CT molecular complexity index is 754. The topological polar surface area (TPSA) is 52.2 Å². The summed E-state index contributed by atoms with van der Waals surface area (Å²) in [7, 11) is 0. The molecule has 1 saturated carbocycles. The summed E-state index contributed by atoms with van der Waals surface area (Å²) in [5, 5.41) is 5.35. The van der Waals surface area contributed by atoms with E-state index in [-0.39, 0.29) is 5.91 Å². The molecule has 4 rings (SSSR count). The molecule has 4 heteroatoms. The first kappa shape index (κ1) is 15.0. The number of fused-ring (bicyclic) bond motifs is 3. The number of amides is 1. The fraction of sp³-hybridized carbons (Fsp3) is 0.421. The third kappa shape index (κ3) is 3.10. The van der Waals surface area contributed by atoms with Crippen LogP contribution < -0.4 is 5.32 Å². The quantitative estimate of drug-likeness (QED) is 0.878. The molecule has 1 heterocycles. The second-order valence-corrected chi connectivity index (χ2v) is 8.17. The molecule has 3 nitrogen and oxygen atoms in total. The molecule has 1 atom stereocenters. The number of rotatable bonds is 4. The van der Waals surface area contributed by atoms with Crippen LogP contribution in [-0.4, -0.2) is 22.8 Å². The summed E-state index contributed by atoms with van der Waals surface area (Å²) in [6.07, 6.45) is 4.81. The van der Waals surface area contributed by atoms with E-state index in [1.165, 1.54) is 18.4 Å². The fourth-order valence-corrected chi connectivity index (χ4v) is 4.76. The largest absolute Gasteiger partial charge is 0.611 e. The van der Waals surface area contributed by atoms with Gasteiger partial charge in [0.15, 0.2) is 4.90 Å². The number of hydrogen-bond acceptors (Lipinski definition) is 2. The van der Waals surface area contributed by atoms with Gasteiger partial charge in [-0.05, 0) is 71.2 Å². The average molecular weight is 327 g/mol. The van der Waals surface area contributed by atoms with Gasteiger partial charge in [-0.2, -0.15) is 0 Å². The third-order valence-corrected chi connectivity index (χ3v) is 6.37. The van der Waals surface area contributed by atoms with E-state index in [4.69, 9.17) is 0 Å². The lowest BCUT2D eigenvalue weighted by Gasteiger charge is -2.22. The molecule has 2 aromatic carbocycles. The minimum atomic E-state index is -0.894. The van der Waals surface area contributed by atoms with E-state index in [0.717, 1.165) is 46.4 Å². The highest BCUT2D eigenvalue weighted by Gasteiger charge is 2.25. The first-order valence-electron chi connectivity index (χ1n) is 8.41. The number of nitrogens with one attached hydrogen (secondary N) is 1. The van der Waals surface area contributed by atoms with E-state index in [0.29, 0.717) is 12.3 Å². The van der Waals surface area contributed by atoms with Gasteiger partial charge in [0.2, 0.25) is 5.91 Å². The van der Waals surface area contributed by atoms with Crippen molar-refractivity contribution in [3.8, 4) is 0 Å². The summed E-state index contributed by atoms with van der Waals surface area (Å²) in [6, 6.07) is 10.2. The van der Waals surface area contributed by atoms with Gasteiger partial charge in [-0.1, -0.05) is 18.2 Å². The molecule has 0 bridgehead atoms. The van der Waals surface area contributed by atoms with Gasteiger partial charge in [0.25, 0.3) is 0 Å². The normalized spacial score (nSPS) is 20.3. The van der Waals surface area contributed by atoms with Crippen LogP contribution in [0.25, 0.3) is 10.8 Å². The molecule has 1 amide bonds. The molecular weight excluding hydrogens is 306 g/mol. The fourth-order valence-electron chi connectivity index (χ4n) is 3.43. The molecule has 2 aromatic rings. The van der Waals surface area contributed by atoms with Crippen molar-refractivity contribution < 1.29 is 9.35 Å². The van der Waals surface area contributed by atoms with E-state index >= 15 is 0 Å². The van der Waals surface area contributed by atoms with Gasteiger partial charge in [0.05, 0.1) is 6.42 Å². The molecule has 1 N–H and O–H groups in total. The minimum Gasteiger partial charge on any atom is -0.611 e. The Labute approximate surface area is 139 Å². The highest BCUT2D eigenvalue weighted by molar-refractivity contribution is 7.91. The van der Waals surface area contributed by atoms with Gasteiger partial charge < -0.3 is 9.87 Å². The smallest absolute Gasteiger partial charge is 0.224 e. The van der Waals surface area contributed by atoms with E-state index in [1.54, 1.807) is 0 Å². The van der Waals surface area contributed by atoms with Gasteiger partial charge in [-0.25, -0.2) is 0 Å². The first-order chi connectivity index (χ1) is 11.2. The monoisotopic (exact) mass is 327 g/mol. The van der Waals surface area contributed by atoms with Crippen molar-refractivity contribution in [3.05, 3.63) is 41.5 Å². The molecular formula is C19H21NO2S. The lowest BCUT2D eigenvalue weighted by atomic mass is 9.94. The molecule has 0 spiro atoms. The Morgan fingerprint density at radius 2 is 2.13 bits per heavy atom. The summed E-state index contributed by atoms with van der Waals surface area (Å²) in [6.45, 7) is 0.811. The zero-order valence-electron chi connectivity index (χ0n) is 13.1. The standard InChI is InChI=1S/C19H21NO2S/c21-18(20-12-13-6-7-13)11-15-4-1-3-14-8-9-17-16(19(14)15)5-2-10-23(17)22/h1,3-4,8-9,13H,2,5-7,10-12H2,(H,20,21). The second-order valence-electron chi connectivity index (χ2n) is 6.63. The van der Waals surface area contributed by atoms with Crippen LogP contribution in [0.5, 0.6) is 0 Å². The van der Waals surface area contributed by atoms with Crippen LogP contribution in [-0.2, 0) is 28.8 Å². The zero-order valence-corrected chi connectivity index (χ0v) is 14.0. The Balaban J connectivity index is 1.68. The Morgan fingerprint density at radius 3 is 2.96 bits per heavy atom. The molecule has 1 aliphatic heterocycles. The number of carbonyl (C=O) groups excluding carboxylic acids is 1. The zero-order chi connectivity index (χ0) is 15.8. The van der Waals surface area contributed by atoms with Gasteiger partial charge in [-0.15, -0.1) is 0 Å². The van der Waals surface area contributed by atoms with E-state index in [2.05, 4.69) is 11.4 Å². The van der Waals surface area contributed by atoms with E-state index in [1.807, 2.05) is 24.3 Å². The predicted octanol–water partition coefficient (Wildman–Crippen LogP) is 2.96.